The Bertz CT molecular complexity index is 356. The number of likely N-dealkylation sites (tertiary alicyclic amines) is 1. The van der Waals surface area contributed by atoms with Gasteiger partial charge in [0.25, 0.3) is 0 Å². The van der Waals surface area contributed by atoms with Crippen molar-refractivity contribution in [2.24, 2.45) is 11.8 Å². The van der Waals surface area contributed by atoms with Gasteiger partial charge < -0.3 is 4.90 Å². The van der Waals surface area contributed by atoms with Crippen molar-refractivity contribution < 1.29 is 8.42 Å². The normalized spacial score (nSPS) is 24.7. The molecule has 1 N–H and O–H groups in total. The van der Waals surface area contributed by atoms with E-state index in [2.05, 4.69) is 16.7 Å². The first-order valence-electron chi connectivity index (χ1n) is 7.71. The van der Waals surface area contributed by atoms with Crippen LogP contribution < -0.4 is 4.72 Å². The third-order valence-electron chi connectivity index (χ3n) is 4.61. The summed E-state index contributed by atoms with van der Waals surface area (Å²) < 4.78 is 27.0. The lowest BCUT2D eigenvalue weighted by Gasteiger charge is -2.29. The number of piperidine rings is 1. The molecule has 5 heteroatoms. The van der Waals surface area contributed by atoms with Gasteiger partial charge in [-0.15, -0.1) is 0 Å². The molecule has 0 bridgehead atoms. The van der Waals surface area contributed by atoms with Crippen molar-refractivity contribution in [1.82, 2.24) is 9.62 Å². The predicted molar refractivity (Wildman–Crippen MR) is 78.6 cm³/mol. The lowest BCUT2D eigenvalue weighted by Crippen LogP contribution is -2.38. The molecule has 2 aliphatic rings. The Kier molecular flexibility index (Phi) is 5.66. The summed E-state index contributed by atoms with van der Waals surface area (Å²) in [6, 6.07) is 0. The van der Waals surface area contributed by atoms with Crippen molar-refractivity contribution >= 4 is 10.0 Å². The van der Waals surface area contributed by atoms with E-state index >= 15 is 0 Å². The summed E-state index contributed by atoms with van der Waals surface area (Å²) in [4.78, 5) is 2.31. The summed E-state index contributed by atoms with van der Waals surface area (Å²) >= 11 is 0. The summed E-state index contributed by atoms with van der Waals surface area (Å²) in [7, 11) is -0.929. The Morgan fingerprint density at radius 3 is 2.26 bits per heavy atom. The lowest BCUT2D eigenvalue weighted by molar-refractivity contribution is 0.220. The molecule has 0 amide bonds. The quantitative estimate of drug-likeness (QED) is 0.839. The first-order chi connectivity index (χ1) is 9.05. The van der Waals surface area contributed by atoms with E-state index in [9.17, 15) is 8.42 Å². The van der Waals surface area contributed by atoms with E-state index < -0.39 is 10.0 Å². The molecule has 19 heavy (non-hydrogen) atoms. The summed E-state index contributed by atoms with van der Waals surface area (Å²) in [6.45, 7) is 2.83. The van der Waals surface area contributed by atoms with E-state index in [0.29, 0.717) is 24.1 Å². The van der Waals surface area contributed by atoms with Gasteiger partial charge in [-0.1, -0.05) is 19.3 Å². The molecule has 0 aromatic rings. The molecule has 0 aromatic carbocycles. The molecule has 0 atom stereocenters. The van der Waals surface area contributed by atoms with Gasteiger partial charge in [-0.25, -0.2) is 13.1 Å². The minimum Gasteiger partial charge on any atom is -0.306 e. The van der Waals surface area contributed by atoms with E-state index in [1.165, 1.54) is 19.3 Å². The van der Waals surface area contributed by atoms with Gasteiger partial charge in [0.05, 0.1) is 5.75 Å². The fourth-order valence-electron chi connectivity index (χ4n) is 3.23. The highest BCUT2D eigenvalue weighted by molar-refractivity contribution is 7.89. The molecule has 1 heterocycles. The van der Waals surface area contributed by atoms with Crippen LogP contribution in [0.3, 0.4) is 0 Å². The van der Waals surface area contributed by atoms with Gasteiger partial charge in [0.2, 0.25) is 10.0 Å². The molecule has 0 aromatic heterocycles. The van der Waals surface area contributed by atoms with Crippen molar-refractivity contribution in [2.75, 3.05) is 32.4 Å². The molecule has 1 saturated carbocycles. The molecule has 112 valence electrons. The van der Waals surface area contributed by atoms with Crippen molar-refractivity contribution in [3.8, 4) is 0 Å². The fourth-order valence-corrected chi connectivity index (χ4v) is 4.80. The Hall–Kier alpha value is -0.130. The second-order valence-corrected chi connectivity index (χ2v) is 8.23. The van der Waals surface area contributed by atoms with Gasteiger partial charge >= 0.3 is 0 Å². The van der Waals surface area contributed by atoms with Gasteiger partial charge in [0.1, 0.15) is 0 Å². The first kappa shape index (κ1) is 15.3. The van der Waals surface area contributed by atoms with Crippen LogP contribution in [0.15, 0.2) is 0 Å². The number of rotatable bonds is 5. The third kappa shape index (κ3) is 5.40. The smallest absolute Gasteiger partial charge is 0.211 e. The van der Waals surface area contributed by atoms with E-state index in [4.69, 9.17) is 0 Å². The van der Waals surface area contributed by atoms with Crippen molar-refractivity contribution in [2.45, 2.75) is 44.9 Å². The average molecular weight is 288 g/mol. The molecular formula is C14H28N2O2S. The van der Waals surface area contributed by atoms with E-state index in [0.717, 1.165) is 38.8 Å². The average Bonchev–Trinajstić information content (AvgIpc) is 2.39. The minimum absolute atomic E-state index is 0.347. The zero-order chi connectivity index (χ0) is 13.7. The van der Waals surface area contributed by atoms with E-state index in [-0.39, 0.29) is 0 Å². The number of hydrogen-bond donors (Lipinski definition) is 1. The second-order valence-electron chi connectivity index (χ2n) is 6.38. The van der Waals surface area contributed by atoms with Crippen LogP contribution in [0.1, 0.15) is 44.9 Å². The molecular weight excluding hydrogens is 260 g/mol. The van der Waals surface area contributed by atoms with Crippen molar-refractivity contribution in [3.05, 3.63) is 0 Å². The highest BCUT2D eigenvalue weighted by Crippen LogP contribution is 2.24. The first-order valence-corrected chi connectivity index (χ1v) is 9.36. The highest BCUT2D eigenvalue weighted by Gasteiger charge is 2.23. The fraction of sp³-hybridized carbons (Fsp3) is 1.00. The van der Waals surface area contributed by atoms with E-state index in [1.54, 1.807) is 0 Å². The van der Waals surface area contributed by atoms with Crippen LogP contribution in [-0.2, 0) is 10.0 Å². The van der Waals surface area contributed by atoms with Crippen LogP contribution in [0.2, 0.25) is 0 Å². The Morgan fingerprint density at radius 2 is 1.63 bits per heavy atom. The van der Waals surface area contributed by atoms with Crippen LogP contribution in [0.5, 0.6) is 0 Å². The van der Waals surface area contributed by atoms with Crippen molar-refractivity contribution in [3.63, 3.8) is 0 Å². The number of nitrogens with one attached hydrogen (secondary N) is 1. The molecule has 1 saturated heterocycles. The van der Waals surface area contributed by atoms with Crippen LogP contribution in [0.25, 0.3) is 0 Å². The number of hydrogen-bond acceptors (Lipinski definition) is 3. The number of sulfonamides is 1. The summed E-state index contributed by atoms with van der Waals surface area (Å²) in [5, 5.41) is 0. The summed E-state index contributed by atoms with van der Waals surface area (Å²) in [5.74, 6) is 1.26. The standard InChI is InChI=1S/C14H28N2O2S/c1-16-9-7-13(8-10-16)11-15-19(17,18)12-14-5-3-2-4-6-14/h13-15H,2-12H2,1H3. The maximum absolute atomic E-state index is 12.1. The maximum Gasteiger partial charge on any atom is 0.211 e. The molecule has 2 rings (SSSR count). The molecule has 4 nitrogen and oxygen atoms in total. The van der Waals surface area contributed by atoms with Crippen LogP contribution in [0.4, 0.5) is 0 Å². The predicted octanol–water partition coefficient (Wildman–Crippen LogP) is 1.83. The van der Waals surface area contributed by atoms with Crippen molar-refractivity contribution in [1.29, 1.82) is 0 Å². The van der Waals surface area contributed by atoms with Gasteiger partial charge in [-0.05, 0) is 57.7 Å². The van der Waals surface area contributed by atoms with E-state index in [1.807, 2.05) is 0 Å². The SMILES string of the molecule is CN1CCC(CNS(=O)(=O)CC2CCCCC2)CC1. The molecule has 1 aliphatic heterocycles. The highest BCUT2D eigenvalue weighted by atomic mass is 32.2. The minimum atomic E-state index is -3.06. The summed E-state index contributed by atoms with van der Waals surface area (Å²) in [5.41, 5.74) is 0. The zero-order valence-electron chi connectivity index (χ0n) is 12.1. The summed E-state index contributed by atoms with van der Waals surface area (Å²) in [6.07, 6.45) is 8.10. The Balaban J connectivity index is 1.71. The topological polar surface area (TPSA) is 49.4 Å². The van der Waals surface area contributed by atoms with Crippen LogP contribution >= 0.6 is 0 Å². The lowest BCUT2D eigenvalue weighted by atomic mass is 9.91. The third-order valence-corrected chi connectivity index (χ3v) is 6.13. The molecule has 0 radical (unpaired) electrons. The Morgan fingerprint density at radius 1 is 1.00 bits per heavy atom. The number of nitrogens with zero attached hydrogens (tertiary/aromatic N) is 1. The van der Waals surface area contributed by atoms with Gasteiger partial charge in [-0.3, -0.25) is 0 Å². The van der Waals surface area contributed by atoms with Gasteiger partial charge in [0.15, 0.2) is 0 Å². The molecule has 0 spiro atoms. The monoisotopic (exact) mass is 288 g/mol. The molecule has 1 aliphatic carbocycles. The van der Waals surface area contributed by atoms with Crippen LogP contribution in [-0.4, -0.2) is 45.8 Å². The van der Waals surface area contributed by atoms with Gasteiger partial charge in [-0.2, -0.15) is 0 Å². The second kappa shape index (κ2) is 7.04. The largest absolute Gasteiger partial charge is 0.306 e. The zero-order valence-corrected chi connectivity index (χ0v) is 12.9. The molecule has 0 unspecified atom stereocenters. The van der Waals surface area contributed by atoms with Crippen LogP contribution in [0, 0.1) is 11.8 Å². The van der Waals surface area contributed by atoms with Gasteiger partial charge in [0, 0.05) is 6.54 Å². The maximum atomic E-state index is 12.1. The molecule has 2 fully saturated rings. The Labute approximate surface area is 118 Å².